The fraction of sp³-hybridized carbons (Fsp3) is 0.667. The van der Waals surface area contributed by atoms with Gasteiger partial charge in [-0.25, -0.2) is 4.57 Å². The second kappa shape index (κ2) is 49.4. The largest absolute Gasteiger partial charge is 0.472 e. The maximum absolute atomic E-state index is 12.6. The summed E-state index contributed by atoms with van der Waals surface area (Å²) in [6.45, 7) is 3.57. The van der Waals surface area contributed by atoms with E-state index in [4.69, 9.17) is 24.3 Å². The second-order valence-electron chi connectivity index (χ2n) is 16.3. The number of unbranched alkanes of at least 4 members (excludes halogenated alkanes) is 17. The first kappa shape index (κ1) is 60.9. The number of rotatable bonds is 46. The van der Waals surface area contributed by atoms with E-state index in [-0.39, 0.29) is 32.6 Å². The fourth-order valence-corrected chi connectivity index (χ4v) is 7.26. The van der Waals surface area contributed by atoms with Gasteiger partial charge in [0.15, 0.2) is 6.10 Å². The summed E-state index contributed by atoms with van der Waals surface area (Å²) in [5.74, 6) is -0.852. The minimum absolute atomic E-state index is 0.0469. The van der Waals surface area contributed by atoms with Crippen LogP contribution in [0.2, 0.25) is 0 Å². The van der Waals surface area contributed by atoms with Crippen LogP contribution in [0.5, 0.6) is 0 Å². The normalized spacial score (nSPS) is 14.0. The van der Waals surface area contributed by atoms with Crippen molar-refractivity contribution >= 4 is 19.8 Å². The predicted octanol–water partition coefficient (Wildman–Crippen LogP) is 15.3. The summed E-state index contributed by atoms with van der Waals surface area (Å²) >= 11 is 0. The third kappa shape index (κ3) is 48.4. The van der Waals surface area contributed by atoms with Crippen molar-refractivity contribution in [2.75, 3.05) is 26.4 Å². The molecule has 0 amide bonds. The van der Waals surface area contributed by atoms with Crippen LogP contribution in [0.1, 0.15) is 200 Å². The molecule has 0 fully saturated rings. The molecular formula is C54H92NO8P. The van der Waals surface area contributed by atoms with Crippen molar-refractivity contribution in [1.29, 1.82) is 0 Å². The lowest BCUT2D eigenvalue weighted by atomic mass is 10.1. The van der Waals surface area contributed by atoms with E-state index in [9.17, 15) is 19.0 Å². The summed E-state index contributed by atoms with van der Waals surface area (Å²) in [4.78, 5) is 35.0. The van der Waals surface area contributed by atoms with E-state index in [0.29, 0.717) is 6.42 Å². The molecule has 0 aliphatic heterocycles. The average Bonchev–Trinajstić information content (AvgIpc) is 3.28. The van der Waals surface area contributed by atoms with Crippen LogP contribution < -0.4 is 5.73 Å². The van der Waals surface area contributed by atoms with Crippen molar-refractivity contribution in [3.63, 3.8) is 0 Å². The van der Waals surface area contributed by atoms with Crippen molar-refractivity contribution in [1.82, 2.24) is 0 Å². The van der Waals surface area contributed by atoms with Crippen LogP contribution >= 0.6 is 7.82 Å². The lowest BCUT2D eigenvalue weighted by molar-refractivity contribution is -0.161. The highest BCUT2D eigenvalue weighted by atomic mass is 31.2. The number of ether oxygens (including phenoxy) is 2. The molecule has 0 aliphatic carbocycles. The van der Waals surface area contributed by atoms with Crippen molar-refractivity contribution in [3.05, 3.63) is 97.2 Å². The highest BCUT2D eigenvalue weighted by Crippen LogP contribution is 2.43. The molecule has 2 atom stereocenters. The number of hydrogen-bond acceptors (Lipinski definition) is 8. The van der Waals surface area contributed by atoms with Gasteiger partial charge in [0.25, 0.3) is 0 Å². The van der Waals surface area contributed by atoms with Crippen LogP contribution in [-0.4, -0.2) is 49.3 Å². The second-order valence-corrected chi connectivity index (χ2v) is 17.8. The topological polar surface area (TPSA) is 134 Å². The Morgan fingerprint density at radius 2 is 0.859 bits per heavy atom. The molecule has 64 heavy (non-hydrogen) atoms. The molecule has 0 radical (unpaired) electrons. The highest BCUT2D eigenvalue weighted by molar-refractivity contribution is 7.47. The predicted molar refractivity (Wildman–Crippen MR) is 270 cm³/mol. The molecule has 2 unspecified atom stereocenters. The third-order valence-electron chi connectivity index (χ3n) is 10.2. The molecule has 10 heteroatoms. The van der Waals surface area contributed by atoms with Gasteiger partial charge in [0.1, 0.15) is 6.61 Å². The summed E-state index contributed by atoms with van der Waals surface area (Å²) in [6.07, 6.45) is 64.5. The quantitative estimate of drug-likeness (QED) is 0.0265. The number of allylic oxidation sites excluding steroid dienone is 16. The Hall–Kier alpha value is -3.07. The molecule has 0 rings (SSSR count). The Bertz CT molecular complexity index is 1360. The molecular weight excluding hydrogens is 822 g/mol. The van der Waals surface area contributed by atoms with E-state index in [2.05, 4.69) is 111 Å². The van der Waals surface area contributed by atoms with Gasteiger partial charge in [-0.2, -0.15) is 0 Å². The molecule has 0 aromatic carbocycles. The summed E-state index contributed by atoms with van der Waals surface area (Å²) in [6, 6.07) is 0. The zero-order chi connectivity index (χ0) is 46.7. The van der Waals surface area contributed by atoms with Gasteiger partial charge in [-0.15, -0.1) is 0 Å². The Morgan fingerprint density at radius 1 is 0.484 bits per heavy atom. The number of esters is 2. The van der Waals surface area contributed by atoms with Gasteiger partial charge in [-0.1, -0.05) is 188 Å². The fourth-order valence-electron chi connectivity index (χ4n) is 6.49. The maximum atomic E-state index is 12.6. The first-order valence-corrected chi connectivity index (χ1v) is 26.7. The maximum Gasteiger partial charge on any atom is 0.472 e. The van der Waals surface area contributed by atoms with Crippen molar-refractivity contribution < 1.29 is 37.6 Å². The monoisotopic (exact) mass is 914 g/mol. The van der Waals surface area contributed by atoms with E-state index in [1.807, 2.05) is 0 Å². The molecule has 0 saturated heterocycles. The van der Waals surface area contributed by atoms with Gasteiger partial charge in [0, 0.05) is 19.4 Å². The first-order valence-electron chi connectivity index (χ1n) is 25.2. The number of hydrogen-bond donors (Lipinski definition) is 2. The molecule has 0 bridgehead atoms. The molecule has 0 aromatic rings. The molecule has 9 nitrogen and oxygen atoms in total. The Kier molecular flexibility index (Phi) is 47.0. The van der Waals surface area contributed by atoms with E-state index in [1.54, 1.807) is 0 Å². The van der Waals surface area contributed by atoms with Crippen molar-refractivity contribution in [2.45, 2.75) is 206 Å². The molecule has 0 heterocycles. The smallest absolute Gasteiger partial charge is 0.462 e. The SMILES string of the molecule is CC/C=C\C/C=C\C/C=C\C/C=C\C/C=C\C/C=C\C/C=C\CCCCCCCCCCCC(=O)OC(COC(=O)CCCCCCC/C=C\CCCCC)COP(=O)(O)OCCN. The molecule has 0 aliphatic rings. The van der Waals surface area contributed by atoms with Gasteiger partial charge >= 0.3 is 19.8 Å². The first-order chi connectivity index (χ1) is 31.3. The van der Waals surface area contributed by atoms with Gasteiger partial charge < -0.3 is 20.1 Å². The van der Waals surface area contributed by atoms with Crippen LogP contribution in [0.25, 0.3) is 0 Å². The lowest BCUT2D eigenvalue weighted by Crippen LogP contribution is -2.29. The van der Waals surface area contributed by atoms with Crippen LogP contribution in [0.15, 0.2) is 97.2 Å². The molecule has 3 N–H and O–H groups in total. The van der Waals surface area contributed by atoms with Gasteiger partial charge in [0.05, 0.1) is 13.2 Å². The Balaban J connectivity index is 4.03. The third-order valence-corrected chi connectivity index (χ3v) is 11.2. The number of carbonyl (C=O) groups is 2. The van der Waals surface area contributed by atoms with Crippen LogP contribution in [0.4, 0.5) is 0 Å². The number of phosphoric acid groups is 1. The Morgan fingerprint density at radius 3 is 1.30 bits per heavy atom. The van der Waals surface area contributed by atoms with Gasteiger partial charge in [-0.3, -0.25) is 18.6 Å². The average molecular weight is 914 g/mol. The van der Waals surface area contributed by atoms with Gasteiger partial charge in [-0.05, 0) is 96.3 Å². The molecule has 0 aromatic heterocycles. The van der Waals surface area contributed by atoms with E-state index >= 15 is 0 Å². The van der Waals surface area contributed by atoms with E-state index < -0.39 is 32.5 Å². The molecule has 0 spiro atoms. The molecule has 366 valence electrons. The van der Waals surface area contributed by atoms with Crippen molar-refractivity contribution in [3.8, 4) is 0 Å². The lowest BCUT2D eigenvalue weighted by Gasteiger charge is -2.19. The Labute approximate surface area is 391 Å². The number of phosphoric ester groups is 1. The van der Waals surface area contributed by atoms with Crippen molar-refractivity contribution in [2.24, 2.45) is 5.73 Å². The minimum atomic E-state index is -4.39. The zero-order valence-corrected chi connectivity index (χ0v) is 41.4. The molecule has 0 saturated carbocycles. The van der Waals surface area contributed by atoms with Crippen LogP contribution in [0.3, 0.4) is 0 Å². The summed E-state index contributed by atoms with van der Waals surface area (Å²) in [5.41, 5.74) is 5.36. The number of carbonyl (C=O) groups excluding carboxylic acids is 2. The summed E-state index contributed by atoms with van der Waals surface area (Å²) in [5, 5.41) is 0. The summed E-state index contributed by atoms with van der Waals surface area (Å²) in [7, 11) is -4.39. The van der Waals surface area contributed by atoms with E-state index in [0.717, 1.165) is 116 Å². The zero-order valence-electron chi connectivity index (χ0n) is 40.5. The van der Waals surface area contributed by atoms with E-state index in [1.165, 1.54) is 51.4 Å². The van der Waals surface area contributed by atoms with Gasteiger partial charge in [0.2, 0.25) is 0 Å². The van der Waals surface area contributed by atoms with Crippen LogP contribution in [0, 0.1) is 0 Å². The van der Waals surface area contributed by atoms with Crippen LogP contribution in [-0.2, 0) is 32.7 Å². The number of nitrogens with two attached hydrogens (primary N) is 1. The standard InChI is InChI=1S/C54H92NO8P/c1-3-5-7-9-11-13-15-17-18-19-20-21-22-23-24-25-26-27-28-29-30-31-32-33-34-35-37-39-41-43-45-47-54(57)63-52(51-62-64(58,59)61-49-48-55)50-60-53(56)46-44-42-40-38-36-16-14-12-10-8-6-4-2/h5,7,11-14,17-18,20-21,23-24,26-27,29-30,52H,3-4,6,8-10,15-16,19,22,25,28,31-51,55H2,1-2H3,(H,58,59)/b7-5-,13-11-,14-12-,18-17-,21-20-,24-23-,27-26-,30-29-. The minimum Gasteiger partial charge on any atom is -0.462 e. The summed E-state index contributed by atoms with van der Waals surface area (Å²) < 4.78 is 32.8. The highest BCUT2D eigenvalue weighted by Gasteiger charge is 2.26.